The Morgan fingerprint density at radius 2 is 1.69 bits per heavy atom. The molecule has 3 aromatic rings. The molecule has 0 aliphatic carbocycles. The highest BCUT2D eigenvalue weighted by Gasteiger charge is 2.15. The van der Waals surface area contributed by atoms with Crippen LogP contribution in [0, 0.1) is 0 Å². The van der Waals surface area contributed by atoms with Gasteiger partial charge in [-0.15, -0.1) is 5.11 Å². The minimum Gasteiger partial charge on any atom is -0.483 e. The molecular formula is C19H18ClN5O. The van der Waals surface area contributed by atoms with Crippen molar-refractivity contribution >= 4 is 34.6 Å². The van der Waals surface area contributed by atoms with Crippen LogP contribution in [0.1, 0.15) is 18.6 Å². The molecule has 0 spiro atoms. The van der Waals surface area contributed by atoms with Crippen molar-refractivity contribution in [2.24, 2.45) is 10.2 Å². The highest BCUT2D eigenvalue weighted by atomic mass is 35.5. The van der Waals surface area contributed by atoms with Crippen LogP contribution in [0.25, 0.3) is 0 Å². The zero-order valence-electron chi connectivity index (χ0n) is 14.1. The number of pyridine rings is 1. The van der Waals surface area contributed by atoms with Crippen LogP contribution >= 0.6 is 11.6 Å². The number of nitrogens with zero attached hydrogens (tertiary/aromatic N) is 3. The third-order valence-electron chi connectivity index (χ3n) is 3.67. The van der Waals surface area contributed by atoms with Gasteiger partial charge in [0.05, 0.1) is 5.69 Å². The van der Waals surface area contributed by atoms with E-state index in [4.69, 9.17) is 27.8 Å². The number of hydrogen-bond donors (Lipinski definition) is 2. The van der Waals surface area contributed by atoms with E-state index in [1.165, 1.54) is 0 Å². The molecule has 132 valence electrons. The molecular weight excluding hydrogens is 350 g/mol. The zero-order valence-corrected chi connectivity index (χ0v) is 14.9. The summed E-state index contributed by atoms with van der Waals surface area (Å²) in [6.07, 6.45) is -0.220. The Kier molecular flexibility index (Phi) is 5.34. The number of hydrogen-bond acceptors (Lipinski definition) is 6. The number of anilines is 2. The lowest BCUT2D eigenvalue weighted by Gasteiger charge is -2.17. The van der Waals surface area contributed by atoms with E-state index in [0.717, 1.165) is 5.56 Å². The van der Waals surface area contributed by atoms with Gasteiger partial charge in [0.25, 0.3) is 0 Å². The molecule has 0 saturated carbocycles. The van der Waals surface area contributed by atoms with Gasteiger partial charge in [-0.05, 0) is 36.8 Å². The maximum absolute atomic E-state index is 6.03. The average Bonchev–Trinajstić information content (AvgIpc) is 2.63. The maximum Gasteiger partial charge on any atom is 0.170 e. The van der Waals surface area contributed by atoms with Gasteiger partial charge in [-0.1, -0.05) is 41.9 Å². The Morgan fingerprint density at radius 3 is 2.38 bits per heavy atom. The fraction of sp³-hybridized carbons (Fsp3) is 0.105. The fourth-order valence-corrected chi connectivity index (χ4v) is 2.47. The monoisotopic (exact) mass is 367 g/mol. The lowest BCUT2D eigenvalue weighted by atomic mass is 10.1. The number of halogens is 1. The SMILES string of the molecule is CC(Oc1cc(N)nc(N)c1N=Nc1ccc(Cl)cc1)c1ccccc1. The number of aromatic nitrogens is 1. The molecule has 3 rings (SSSR count). The van der Waals surface area contributed by atoms with Crippen molar-refractivity contribution in [2.45, 2.75) is 13.0 Å². The van der Waals surface area contributed by atoms with E-state index in [0.29, 0.717) is 22.1 Å². The van der Waals surface area contributed by atoms with E-state index in [1.807, 2.05) is 37.3 Å². The van der Waals surface area contributed by atoms with Crippen LogP contribution in [-0.2, 0) is 0 Å². The number of azo groups is 1. The largest absolute Gasteiger partial charge is 0.483 e. The van der Waals surface area contributed by atoms with Crippen molar-refractivity contribution in [2.75, 3.05) is 11.5 Å². The van der Waals surface area contributed by atoms with Gasteiger partial charge < -0.3 is 16.2 Å². The molecule has 0 aliphatic rings. The summed E-state index contributed by atoms with van der Waals surface area (Å²) in [6, 6.07) is 18.4. The minimum atomic E-state index is -0.220. The molecule has 2 aromatic carbocycles. The zero-order chi connectivity index (χ0) is 18.5. The van der Waals surface area contributed by atoms with Crippen LogP contribution in [0.5, 0.6) is 5.75 Å². The van der Waals surface area contributed by atoms with Crippen LogP contribution in [0.2, 0.25) is 5.02 Å². The van der Waals surface area contributed by atoms with E-state index in [2.05, 4.69) is 15.2 Å². The number of nitrogen functional groups attached to an aromatic ring is 2. The van der Waals surface area contributed by atoms with Crippen molar-refractivity contribution in [1.82, 2.24) is 4.98 Å². The van der Waals surface area contributed by atoms with Crippen molar-refractivity contribution < 1.29 is 4.74 Å². The minimum absolute atomic E-state index is 0.151. The average molecular weight is 368 g/mol. The second-order valence-corrected chi connectivity index (χ2v) is 6.06. The summed E-state index contributed by atoms with van der Waals surface area (Å²) in [7, 11) is 0. The highest BCUT2D eigenvalue weighted by Crippen LogP contribution is 2.37. The molecule has 0 fully saturated rings. The normalized spacial score (nSPS) is 12.2. The molecule has 6 nitrogen and oxygen atoms in total. The summed E-state index contributed by atoms with van der Waals surface area (Å²) < 4.78 is 6.03. The Bertz CT molecular complexity index is 913. The van der Waals surface area contributed by atoms with E-state index < -0.39 is 0 Å². The number of benzene rings is 2. The molecule has 0 saturated heterocycles. The van der Waals surface area contributed by atoms with Crippen molar-refractivity contribution in [1.29, 1.82) is 0 Å². The number of rotatable bonds is 5. The lowest BCUT2D eigenvalue weighted by molar-refractivity contribution is 0.228. The van der Waals surface area contributed by atoms with E-state index in [1.54, 1.807) is 30.3 Å². The van der Waals surface area contributed by atoms with Gasteiger partial charge in [-0.25, -0.2) is 4.98 Å². The second kappa shape index (κ2) is 7.84. The van der Waals surface area contributed by atoms with E-state index >= 15 is 0 Å². The summed E-state index contributed by atoms with van der Waals surface area (Å²) in [5.74, 6) is 0.824. The summed E-state index contributed by atoms with van der Waals surface area (Å²) in [5.41, 5.74) is 13.8. The van der Waals surface area contributed by atoms with Crippen molar-refractivity contribution in [3.05, 3.63) is 71.2 Å². The molecule has 7 heteroatoms. The van der Waals surface area contributed by atoms with Crippen molar-refractivity contribution in [3.8, 4) is 5.75 Å². The molecule has 4 N–H and O–H groups in total. The molecule has 1 heterocycles. The Morgan fingerprint density at radius 1 is 1.00 bits per heavy atom. The molecule has 1 atom stereocenters. The van der Waals surface area contributed by atoms with Gasteiger partial charge in [-0.2, -0.15) is 5.11 Å². The van der Waals surface area contributed by atoms with Crippen LogP contribution < -0.4 is 16.2 Å². The van der Waals surface area contributed by atoms with Gasteiger partial charge in [0, 0.05) is 11.1 Å². The first kappa shape index (κ1) is 17.7. The summed E-state index contributed by atoms with van der Waals surface area (Å²) in [6.45, 7) is 1.93. The standard InChI is InChI=1S/C19H18ClN5O/c1-12(13-5-3-2-4-6-13)26-16-11-17(21)23-19(22)18(16)25-24-15-9-7-14(20)8-10-15/h2-12H,1H3,(H4,21,22,23). The first-order valence-electron chi connectivity index (χ1n) is 7.98. The van der Waals surface area contributed by atoms with Gasteiger partial charge in [0.1, 0.15) is 11.9 Å². The third-order valence-corrected chi connectivity index (χ3v) is 3.92. The highest BCUT2D eigenvalue weighted by molar-refractivity contribution is 6.30. The Hall–Kier alpha value is -3.12. The molecule has 0 amide bonds. The number of ether oxygens (including phenoxy) is 1. The molecule has 0 radical (unpaired) electrons. The molecule has 0 bridgehead atoms. The first-order valence-corrected chi connectivity index (χ1v) is 8.35. The van der Waals surface area contributed by atoms with Gasteiger partial charge in [0.15, 0.2) is 17.3 Å². The van der Waals surface area contributed by atoms with Crippen LogP contribution in [0.4, 0.5) is 23.0 Å². The van der Waals surface area contributed by atoms with Gasteiger partial charge >= 0.3 is 0 Å². The summed E-state index contributed by atoms with van der Waals surface area (Å²) in [5, 5.41) is 9.01. The van der Waals surface area contributed by atoms with Gasteiger partial charge in [-0.3, -0.25) is 0 Å². The molecule has 1 unspecified atom stereocenters. The predicted octanol–water partition coefficient (Wildman–Crippen LogP) is 5.45. The van der Waals surface area contributed by atoms with Crippen molar-refractivity contribution in [3.63, 3.8) is 0 Å². The molecule has 1 aromatic heterocycles. The smallest absolute Gasteiger partial charge is 0.170 e. The van der Waals surface area contributed by atoms with E-state index in [9.17, 15) is 0 Å². The summed E-state index contributed by atoms with van der Waals surface area (Å²) >= 11 is 5.88. The third kappa shape index (κ3) is 4.29. The summed E-state index contributed by atoms with van der Waals surface area (Å²) in [4.78, 5) is 4.04. The first-order chi connectivity index (χ1) is 12.5. The maximum atomic E-state index is 6.03. The second-order valence-electron chi connectivity index (χ2n) is 5.63. The predicted molar refractivity (Wildman–Crippen MR) is 104 cm³/mol. The van der Waals surface area contributed by atoms with E-state index in [-0.39, 0.29) is 17.7 Å². The number of nitrogens with two attached hydrogens (primary N) is 2. The Balaban J connectivity index is 1.91. The quantitative estimate of drug-likeness (QED) is 0.585. The molecule has 0 aliphatic heterocycles. The van der Waals surface area contributed by atoms with Crippen LogP contribution in [0.3, 0.4) is 0 Å². The van der Waals surface area contributed by atoms with Crippen LogP contribution in [0.15, 0.2) is 70.9 Å². The lowest BCUT2D eigenvalue weighted by Crippen LogP contribution is -2.05. The fourth-order valence-electron chi connectivity index (χ4n) is 2.34. The Labute approximate surface area is 156 Å². The molecule has 26 heavy (non-hydrogen) atoms. The topological polar surface area (TPSA) is 98.9 Å². The van der Waals surface area contributed by atoms with Crippen LogP contribution in [-0.4, -0.2) is 4.98 Å². The van der Waals surface area contributed by atoms with Gasteiger partial charge in [0.2, 0.25) is 0 Å².